The van der Waals surface area contributed by atoms with E-state index >= 15 is 0 Å². The summed E-state index contributed by atoms with van der Waals surface area (Å²) in [5.74, 6) is 5.77. The summed E-state index contributed by atoms with van der Waals surface area (Å²) in [4.78, 5) is 7.16. The van der Waals surface area contributed by atoms with Crippen LogP contribution in [0.3, 0.4) is 0 Å². The molecule has 2 N–H and O–H groups in total. The third-order valence-corrected chi connectivity index (χ3v) is 2.90. The van der Waals surface area contributed by atoms with Gasteiger partial charge >= 0.3 is 0 Å². The van der Waals surface area contributed by atoms with Crippen LogP contribution in [-0.2, 0) is 0 Å². The van der Waals surface area contributed by atoms with Gasteiger partial charge in [0.15, 0.2) is 0 Å². The molecule has 2 heterocycles. The van der Waals surface area contributed by atoms with E-state index in [0.717, 1.165) is 20.9 Å². The quantitative estimate of drug-likeness (QED) is 0.788. The summed E-state index contributed by atoms with van der Waals surface area (Å²) in [6.45, 7) is 1.90. The Morgan fingerprint density at radius 2 is 2.38 bits per heavy atom. The van der Waals surface area contributed by atoms with Crippen LogP contribution in [0.5, 0.6) is 0 Å². The Morgan fingerprint density at radius 3 is 3.12 bits per heavy atom. The molecule has 0 aromatic carbocycles. The van der Waals surface area contributed by atoms with Crippen LogP contribution in [-0.4, -0.2) is 21.2 Å². The van der Waals surface area contributed by atoms with Crippen LogP contribution in [0.2, 0.25) is 0 Å². The van der Waals surface area contributed by atoms with Gasteiger partial charge in [0, 0.05) is 22.3 Å². The van der Waals surface area contributed by atoms with E-state index in [1.165, 1.54) is 0 Å². The van der Waals surface area contributed by atoms with Crippen molar-refractivity contribution < 1.29 is 5.11 Å². The second-order valence-electron chi connectivity index (χ2n) is 3.44. The lowest BCUT2D eigenvalue weighted by Crippen LogP contribution is -1.98. The summed E-state index contributed by atoms with van der Waals surface area (Å²) in [5, 5.41) is 10.4. The lowest BCUT2D eigenvalue weighted by atomic mass is 10.2. The van der Waals surface area contributed by atoms with E-state index in [0.29, 0.717) is 6.42 Å². The second kappa shape index (κ2) is 4.69. The number of nitrogens with zero attached hydrogens (tertiary/aromatic N) is 1. The molecule has 0 saturated heterocycles. The fourth-order valence-corrected chi connectivity index (χ4v) is 1.95. The first-order valence-electron chi connectivity index (χ1n) is 5.02. The van der Waals surface area contributed by atoms with E-state index in [4.69, 9.17) is 0 Å². The van der Waals surface area contributed by atoms with Crippen LogP contribution >= 0.6 is 15.9 Å². The largest absolute Gasteiger partial charge is 0.380 e. The van der Waals surface area contributed by atoms with E-state index in [1.807, 2.05) is 13.1 Å². The van der Waals surface area contributed by atoms with Gasteiger partial charge in [-0.1, -0.05) is 18.8 Å². The van der Waals surface area contributed by atoms with Crippen LogP contribution in [0.15, 0.2) is 23.1 Å². The predicted octanol–water partition coefficient (Wildman–Crippen LogP) is 2.45. The Morgan fingerprint density at radius 1 is 1.56 bits per heavy atom. The van der Waals surface area contributed by atoms with Crippen LogP contribution in [0.25, 0.3) is 10.9 Å². The van der Waals surface area contributed by atoms with Gasteiger partial charge in [-0.3, -0.25) is 4.98 Å². The second-order valence-corrected chi connectivity index (χ2v) is 4.29. The van der Waals surface area contributed by atoms with Gasteiger partial charge in [0.2, 0.25) is 0 Å². The Kier molecular flexibility index (Phi) is 3.28. The first kappa shape index (κ1) is 11.2. The number of fused-ring (bicyclic) bond motifs is 1. The molecule has 0 aliphatic carbocycles. The van der Waals surface area contributed by atoms with Crippen LogP contribution in [0.4, 0.5) is 0 Å². The molecule has 2 aromatic heterocycles. The fraction of sp³-hybridized carbons (Fsp3) is 0.250. The highest BCUT2D eigenvalue weighted by Crippen LogP contribution is 2.25. The van der Waals surface area contributed by atoms with Gasteiger partial charge in [-0.15, -0.1) is 0 Å². The number of pyridine rings is 1. The molecule has 0 aliphatic heterocycles. The molecule has 0 amide bonds. The molecule has 0 bridgehead atoms. The summed E-state index contributed by atoms with van der Waals surface area (Å²) >= 11 is 3.44. The summed E-state index contributed by atoms with van der Waals surface area (Å²) < 4.78 is 0.904. The molecule has 1 unspecified atom stereocenters. The van der Waals surface area contributed by atoms with Crippen LogP contribution in [0, 0.1) is 11.8 Å². The summed E-state index contributed by atoms with van der Waals surface area (Å²) in [5.41, 5.74) is 1.81. The average molecular weight is 279 g/mol. The number of aromatic nitrogens is 2. The van der Waals surface area contributed by atoms with Gasteiger partial charge in [0.25, 0.3) is 0 Å². The molecule has 82 valence electrons. The third kappa shape index (κ3) is 2.11. The number of hydrogen-bond acceptors (Lipinski definition) is 2. The highest BCUT2D eigenvalue weighted by atomic mass is 79.9. The zero-order chi connectivity index (χ0) is 11.5. The number of aromatic amines is 1. The van der Waals surface area contributed by atoms with E-state index in [1.54, 1.807) is 12.4 Å². The van der Waals surface area contributed by atoms with Gasteiger partial charge in [-0.25, -0.2) is 0 Å². The van der Waals surface area contributed by atoms with Gasteiger partial charge in [-0.05, 0) is 22.4 Å². The molecular formula is C12H11BrN2O. The van der Waals surface area contributed by atoms with E-state index in [2.05, 4.69) is 37.7 Å². The molecule has 0 spiro atoms. The van der Waals surface area contributed by atoms with Gasteiger partial charge in [0.1, 0.15) is 6.10 Å². The Hall–Kier alpha value is -1.31. The smallest absolute Gasteiger partial charge is 0.114 e. The Labute approximate surface area is 102 Å². The molecule has 1 atom stereocenters. The first-order valence-corrected chi connectivity index (χ1v) is 5.82. The predicted molar refractivity (Wildman–Crippen MR) is 67.0 cm³/mol. The molecule has 3 nitrogen and oxygen atoms in total. The normalized spacial score (nSPS) is 12.2. The third-order valence-electron chi connectivity index (χ3n) is 2.30. The zero-order valence-corrected chi connectivity index (χ0v) is 10.4. The maximum atomic E-state index is 9.39. The van der Waals surface area contributed by atoms with Gasteiger partial charge in [-0.2, -0.15) is 0 Å². The number of aliphatic hydroxyl groups is 1. The minimum atomic E-state index is -0.564. The van der Waals surface area contributed by atoms with Gasteiger partial charge < -0.3 is 10.1 Å². The molecule has 0 saturated carbocycles. The summed E-state index contributed by atoms with van der Waals surface area (Å²) in [6.07, 6.45) is 5.38. The minimum absolute atomic E-state index is 0.564. The van der Waals surface area contributed by atoms with Crippen molar-refractivity contribution in [3.63, 3.8) is 0 Å². The Bertz CT molecular complexity index is 565. The topological polar surface area (TPSA) is 48.9 Å². The zero-order valence-electron chi connectivity index (χ0n) is 8.79. The maximum absolute atomic E-state index is 9.39. The van der Waals surface area contributed by atoms with Crippen LogP contribution in [0.1, 0.15) is 18.9 Å². The van der Waals surface area contributed by atoms with E-state index in [9.17, 15) is 5.11 Å². The van der Waals surface area contributed by atoms with Crippen molar-refractivity contribution in [1.82, 2.24) is 9.97 Å². The van der Waals surface area contributed by atoms with Crippen molar-refractivity contribution in [2.45, 2.75) is 19.4 Å². The summed E-state index contributed by atoms with van der Waals surface area (Å²) in [7, 11) is 0. The molecule has 0 radical (unpaired) electrons. The van der Waals surface area contributed by atoms with E-state index in [-0.39, 0.29) is 0 Å². The molecule has 4 heteroatoms. The first-order chi connectivity index (χ1) is 7.72. The number of nitrogens with one attached hydrogen (secondary N) is 1. The Balaban J connectivity index is 2.48. The number of H-pyrrole nitrogens is 1. The molecule has 0 fully saturated rings. The number of halogens is 1. The SMILES string of the molecule is CCC(O)C#Cc1c[nH]c2cncc(Br)c12. The van der Waals surface area contributed by atoms with Crippen molar-refractivity contribution in [3.8, 4) is 11.8 Å². The number of rotatable bonds is 1. The fourth-order valence-electron chi connectivity index (χ4n) is 1.40. The molecule has 0 aliphatic rings. The van der Waals surface area contributed by atoms with Crippen molar-refractivity contribution in [2.24, 2.45) is 0 Å². The standard InChI is InChI=1S/C12H11BrN2O/c1-2-9(16)4-3-8-5-15-11-7-14-6-10(13)12(8)11/h5-7,9,15-16H,2H2,1H3. The van der Waals surface area contributed by atoms with Crippen molar-refractivity contribution in [1.29, 1.82) is 0 Å². The highest BCUT2D eigenvalue weighted by molar-refractivity contribution is 9.10. The molecular weight excluding hydrogens is 268 g/mol. The lowest BCUT2D eigenvalue weighted by Gasteiger charge is -1.95. The molecule has 16 heavy (non-hydrogen) atoms. The van der Waals surface area contributed by atoms with Crippen molar-refractivity contribution >= 4 is 26.8 Å². The lowest BCUT2D eigenvalue weighted by molar-refractivity contribution is 0.228. The van der Waals surface area contributed by atoms with Crippen molar-refractivity contribution in [2.75, 3.05) is 0 Å². The molecule has 2 rings (SSSR count). The summed E-state index contributed by atoms with van der Waals surface area (Å²) in [6, 6.07) is 0. The number of hydrogen-bond donors (Lipinski definition) is 2. The highest BCUT2D eigenvalue weighted by Gasteiger charge is 2.05. The maximum Gasteiger partial charge on any atom is 0.114 e. The van der Waals surface area contributed by atoms with Crippen LogP contribution < -0.4 is 0 Å². The van der Waals surface area contributed by atoms with Crippen molar-refractivity contribution in [3.05, 3.63) is 28.6 Å². The average Bonchev–Trinajstić information content (AvgIpc) is 2.70. The van der Waals surface area contributed by atoms with Gasteiger partial charge in [0.05, 0.1) is 17.3 Å². The monoisotopic (exact) mass is 278 g/mol. The van der Waals surface area contributed by atoms with E-state index < -0.39 is 6.10 Å². The number of aliphatic hydroxyl groups excluding tert-OH is 1. The molecule has 2 aromatic rings. The minimum Gasteiger partial charge on any atom is -0.380 e.